The van der Waals surface area contributed by atoms with Gasteiger partial charge in [0.05, 0.1) is 10.1 Å². The average Bonchev–Trinajstić information content (AvgIpc) is 2.31. The van der Waals surface area contributed by atoms with Crippen LogP contribution in [0.1, 0.15) is 24.8 Å². The Bertz CT molecular complexity index is 483. The van der Waals surface area contributed by atoms with Crippen LogP contribution >= 0.6 is 0 Å². The fourth-order valence-electron chi connectivity index (χ4n) is 1.94. The molecular weight excluding hydrogens is 220 g/mol. The molecular formula is C13H16O2S. The lowest BCUT2D eigenvalue weighted by Gasteiger charge is -2.17. The van der Waals surface area contributed by atoms with Crippen LogP contribution < -0.4 is 0 Å². The van der Waals surface area contributed by atoms with Crippen LogP contribution in [-0.4, -0.2) is 13.7 Å². The zero-order valence-electron chi connectivity index (χ0n) is 9.39. The number of hydrogen-bond acceptors (Lipinski definition) is 2. The summed E-state index contributed by atoms with van der Waals surface area (Å²) in [6, 6.07) is 7.10. The molecule has 2 rings (SSSR count). The van der Waals surface area contributed by atoms with E-state index in [9.17, 15) is 8.42 Å². The summed E-state index contributed by atoms with van der Waals surface area (Å²) in [5, 5.41) is -0.330. The van der Waals surface area contributed by atoms with Crippen molar-refractivity contribution < 1.29 is 8.42 Å². The molecule has 0 aliphatic heterocycles. The van der Waals surface area contributed by atoms with Crippen LogP contribution in [0.15, 0.2) is 41.3 Å². The zero-order valence-corrected chi connectivity index (χ0v) is 10.2. The quantitative estimate of drug-likeness (QED) is 0.740. The maximum atomic E-state index is 12.2. The maximum absolute atomic E-state index is 12.2. The first-order valence-electron chi connectivity index (χ1n) is 5.58. The average molecular weight is 236 g/mol. The lowest BCUT2D eigenvalue weighted by atomic mass is 10.1. The fraction of sp³-hybridized carbons (Fsp3) is 0.385. The lowest BCUT2D eigenvalue weighted by molar-refractivity contribution is 0.577. The van der Waals surface area contributed by atoms with Gasteiger partial charge in [0, 0.05) is 0 Å². The van der Waals surface area contributed by atoms with Gasteiger partial charge < -0.3 is 0 Å². The van der Waals surface area contributed by atoms with Crippen LogP contribution in [0.4, 0.5) is 0 Å². The van der Waals surface area contributed by atoms with Crippen molar-refractivity contribution in [1.82, 2.24) is 0 Å². The highest BCUT2D eigenvalue weighted by Gasteiger charge is 2.25. The van der Waals surface area contributed by atoms with Crippen molar-refractivity contribution in [3.05, 3.63) is 42.0 Å². The van der Waals surface area contributed by atoms with E-state index in [1.54, 1.807) is 12.1 Å². The summed E-state index contributed by atoms with van der Waals surface area (Å²) in [4.78, 5) is 0.439. The Hall–Kier alpha value is -1.09. The number of rotatable bonds is 2. The van der Waals surface area contributed by atoms with Gasteiger partial charge >= 0.3 is 0 Å². The lowest BCUT2D eigenvalue weighted by Crippen LogP contribution is -2.20. The highest BCUT2D eigenvalue weighted by Crippen LogP contribution is 2.24. The van der Waals surface area contributed by atoms with E-state index in [1.165, 1.54) is 0 Å². The van der Waals surface area contributed by atoms with E-state index in [-0.39, 0.29) is 5.25 Å². The summed E-state index contributed by atoms with van der Waals surface area (Å²) in [7, 11) is -3.17. The molecule has 0 radical (unpaired) electrons. The normalized spacial score (nSPS) is 20.9. The van der Waals surface area contributed by atoms with Gasteiger partial charge in [-0.2, -0.15) is 0 Å². The monoisotopic (exact) mass is 236 g/mol. The molecule has 16 heavy (non-hydrogen) atoms. The molecule has 0 saturated carbocycles. The van der Waals surface area contributed by atoms with Crippen molar-refractivity contribution >= 4 is 9.84 Å². The van der Waals surface area contributed by atoms with Crippen LogP contribution in [0.5, 0.6) is 0 Å². The first-order valence-corrected chi connectivity index (χ1v) is 7.12. The van der Waals surface area contributed by atoms with E-state index in [1.807, 2.05) is 31.2 Å². The highest BCUT2D eigenvalue weighted by atomic mass is 32.2. The van der Waals surface area contributed by atoms with Gasteiger partial charge in [-0.25, -0.2) is 8.42 Å². The van der Waals surface area contributed by atoms with Gasteiger partial charge in [-0.15, -0.1) is 0 Å². The van der Waals surface area contributed by atoms with E-state index in [0.29, 0.717) is 4.90 Å². The minimum atomic E-state index is -3.17. The molecule has 0 spiro atoms. The molecule has 0 bridgehead atoms. The number of allylic oxidation sites excluding steroid dienone is 1. The van der Waals surface area contributed by atoms with Crippen LogP contribution in [0.25, 0.3) is 0 Å². The van der Waals surface area contributed by atoms with Gasteiger partial charge in [-0.1, -0.05) is 29.8 Å². The first kappa shape index (κ1) is 11.4. The standard InChI is InChI=1S/C13H16O2S/c1-11-7-9-13(10-8-11)16(14,15)12-5-3-2-4-6-12/h3,5,7-10,12H,2,4,6H2,1H3. The summed E-state index contributed by atoms with van der Waals surface area (Å²) in [5.41, 5.74) is 1.08. The summed E-state index contributed by atoms with van der Waals surface area (Å²) >= 11 is 0. The van der Waals surface area contributed by atoms with Crippen LogP contribution in [0, 0.1) is 6.92 Å². The number of benzene rings is 1. The van der Waals surface area contributed by atoms with Crippen LogP contribution in [0.3, 0.4) is 0 Å². The molecule has 1 unspecified atom stereocenters. The molecule has 0 fully saturated rings. The molecule has 0 saturated heterocycles. The number of sulfone groups is 1. The van der Waals surface area contributed by atoms with Crippen molar-refractivity contribution in [3.8, 4) is 0 Å². The van der Waals surface area contributed by atoms with Gasteiger partial charge in [0.1, 0.15) is 0 Å². The van der Waals surface area contributed by atoms with Crippen molar-refractivity contribution in [1.29, 1.82) is 0 Å². The Kier molecular flexibility index (Phi) is 3.15. The summed E-state index contributed by atoms with van der Waals surface area (Å²) < 4.78 is 24.5. The molecule has 1 atom stereocenters. The molecule has 0 heterocycles. The second-order valence-electron chi connectivity index (χ2n) is 4.26. The third kappa shape index (κ3) is 2.19. The van der Waals surface area contributed by atoms with E-state index < -0.39 is 9.84 Å². The summed E-state index contributed by atoms with van der Waals surface area (Å²) in [5.74, 6) is 0. The van der Waals surface area contributed by atoms with Gasteiger partial charge in [0.15, 0.2) is 9.84 Å². The van der Waals surface area contributed by atoms with Gasteiger partial charge in [-0.3, -0.25) is 0 Å². The van der Waals surface area contributed by atoms with Crippen LogP contribution in [-0.2, 0) is 9.84 Å². The Morgan fingerprint density at radius 3 is 2.44 bits per heavy atom. The SMILES string of the molecule is Cc1ccc(S(=O)(=O)C2C=CCCC2)cc1. The molecule has 0 N–H and O–H groups in total. The van der Waals surface area contributed by atoms with E-state index >= 15 is 0 Å². The minimum Gasteiger partial charge on any atom is -0.223 e. The highest BCUT2D eigenvalue weighted by molar-refractivity contribution is 7.92. The molecule has 0 aromatic heterocycles. The number of hydrogen-bond donors (Lipinski definition) is 0. The van der Waals surface area contributed by atoms with E-state index in [0.717, 1.165) is 24.8 Å². The Balaban J connectivity index is 2.34. The Labute approximate surface area is 96.9 Å². The molecule has 1 aliphatic rings. The second-order valence-corrected chi connectivity index (χ2v) is 6.42. The third-order valence-electron chi connectivity index (χ3n) is 2.96. The molecule has 2 nitrogen and oxygen atoms in total. The van der Waals surface area contributed by atoms with E-state index in [2.05, 4.69) is 0 Å². The minimum absolute atomic E-state index is 0.330. The molecule has 0 amide bonds. The predicted octanol–water partition coefficient (Wildman–Crippen LogP) is 2.88. The number of aryl methyl sites for hydroxylation is 1. The third-order valence-corrected chi connectivity index (χ3v) is 5.08. The first-order chi connectivity index (χ1) is 7.60. The van der Waals surface area contributed by atoms with Crippen molar-refractivity contribution in [2.24, 2.45) is 0 Å². The van der Waals surface area contributed by atoms with Gasteiger partial charge in [0.25, 0.3) is 0 Å². The molecule has 3 heteroatoms. The predicted molar refractivity (Wildman–Crippen MR) is 65.1 cm³/mol. The second kappa shape index (κ2) is 4.42. The smallest absolute Gasteiger partial charge is 0.184 e. The van der Waals surface area contributed by atoms with Crippen molar-refractivity contribution in [2.75, 3.05) is 0 Å². The molecule has 86 valence electrons. The topological polar surface area (TPSA) is 34.1 Å². The Morgan fingerprint density at radius 1 is 1.19 bits per heavy atom. The molecule has 1 aliphatic carbocycles. The van der Waals surface area contributed by atoms with Gasteiger partial charge in [0.2, 0.25) is 0 Å². The summed E-state index contributed by atoms with van der Waals surface area (Å²) in [6.45, 7) is 1.96. The summed E-state index contributed by atoms with van der Waals surface area (Å²) in [6.07, 6.45) is 6.51. The molecule has 1 aromatic rings. The van der Waals surface area contributed by atoms with E-state index in [4.69, 9.17) is 0 Å². The fourth-order valence-corrected chi connectivity index (χ4v) is 3.60. The zero-order chi connectivity index (χ0) is 11.6. The maximum Gasteiger partial charge on any atom is 0.184 e. The van der Waals surface area contributed by atoms with Crippen LogP contribution in [0.2, 0.25) is 0 Å². The van der Waals surface area contributed by atoms with Crippen molar-refractivity contribution in [3.63, 3.8) is 0 Å². The molecule has 1 aromatic carbocycles. The Morgan fingerprint density at radius 2 is 1.88 bits per heavy atom. The van der Waals surface area contributed by atoms with Gasteiger partial charge in [-0.05, 0) is 38.3 Å². The largest absolute Gasteiger partial charge is 0.223 e. The van der Waals surface area contributed by atoms with Crippen molar-refractivity contribution in [2.45, 2.75) is 36.3 Å².